The van der Waals surface area contributed by atoms with E-state index in [1.807, 2.05) is 0 Å². The van der Waals surface area contributed by atoms with Gasteiger partial charge in [0.1, 0.15) is 34.9 Å². The number of rotatable bonds is 7. The van der Waals surface area contributed by atoms with E-state index in [1.54, 1.807) is 12.3 Å². The molecule has 1 fully saturated rings. The number of thioether (sulfide) groups is 2. The Bertz CT molecular complexity index is 1160. The van der Waals surface area contributed by atoms with Crippen molar-refractivity contribution in [1.29, 1.82) is 0 Å². The number of fused-ring (bicyclic) bond motifs is 1. The number of carboxylic acid groups (broad SMARTS) is 1. The molecule has 4 heterocycles. The minimum atomic E-state index is -1.23. The molecule has 2 aromatic heterocycles. The van der Waals surface area contributed by atoms with E-state index in [4.69, 9.17) is 10.6 Å². The lowest BCUT2D eigenvalue weighted by atomic mass is 10.0. The van der Waals surface area contributed by atoms with Crippen LogP contribution >= 0.6 is 46.2 Å². The molecule has 16 heteroatoms. The largest absolute Gasteiger partial charge is 0.477 e. The van der Waals surface area contributed by atoms with Gasteiger partial charge in [0.05, 0.1) is 0 Å². The van der Waals surface area contributed by atoms with Crippen LogP contribution in [0, 0.1) is 6.92 Å². The summed E-state index contributed by atoms with van der Waals surface area (Å²) in [7, 11) is 1.28. The summed E-state index contributed by atoms with van der Waals surface area (Å²) in [5.74, 6) is -2.10. The fourth-order valence-electron chi connectivity index (χ4n) is 3.00. The quantitative estimate of drug-likeness (QED) is 0.270. The first-order valence-electron chi connectivity index (χ1n) is 8.82. The first kappa shape index (κ1) is 22.5. The number of aliphatic carboxylic acids is 1. The summed E-state index contributed by atoms with van der Waals surface area (Å²) in [6.07, 6.45) is 0. The molecule has 2 unspecified atom stereocenters. The fraction of sp³-hybridized carbons (Fsp3) is 0.312. The van der Waals surface area contributed by atoms with E-state index in [0.29, 0.717) is 15.0 Å². The van der Waals surface area contributed by atoms with Crippen LogP contribution in [0.25, 0.3) is 0 Å². The summed E-state index contributed by atoms with van der Waals surface area (Å²) in [4.78, 5) is 48.0. The maximum atomic E-state index is 12.8. The summed E-state index contributed by atoms with van der Waals surface area (Å²) in [6.45, 7) is 1.80. The third-order valence-electron chi connectivity index (χ3n) is 4.30. The Hall–Kier alpha value is -2.69. The van der Waals surface area contributed by atoms with Crippen LogP contribution in [0.15, 0.2) is 25.5 Å². The van der Waals surface area contributed by atoms with Crippen LogP contribution in [0.3, 0.4) is 0 Å². The number of thiazole rings is 1. The zero-order valence-corrected chi connectivity index (χ0v) is 19.7. The molecule has 0 aliphatic carbocycles. The molecular formula is C16H15N7O5S4. The third kappa shape index (κ3) is 4.17. The van der Waals surface area contributed by atoms with Crippen molar-refractivity contribution in [3.8, 4) is 0 Å². The van der Waals surface area contributed by atoms with Crippen molar-refractivity contribution >= 4 is 74.8 Å². The lowest BCUT2D eigenvalue weighted by molar-refractivity contribution is -0.150. The van der Waals surface area contributed by atoms with Crippen LogP contribution in [0.4, 0.5) is 5.13 Å². The summed E-state index contributed by atoms with van der Waals surface area (Å²) in [6, 6.07) is -0.921. The monoisotopic (exact) mass is 513 g/mol. The van der Waals surface area contributed by atoms with Gasteiger partial charge >= 0.3 is 5.97 Å². The van der Waals surface area contributed by atoms with Crippen LogP contribution in [-0.2, 0) is 19.2 Å². The number of carbonyl (C=O) groups is 3. The number of β-lactam (4-membered cyclic amide) rings is 1. The molecule has 2 amide bonds. The van der Waals surface area contributed by atoms with Crippen LogP contribution in [0.5, 0.6) is 0 Å². The number of anilines is 1. The summed E-state index contributed by atoms with van der Waals surface area (Å²) >= 11 is 4.99. The first-order chi connectivity index (χ1) is 15.3. The molecule has 32 heavy (non-hydrogen) atoms. The van der Waals surface area contributed by atoms with E-state index in [2.05, 4.69) is 25.7 Å². The summed E-state index contributed by atoms with van der Waals surface area (Å²) in [5.41, 5.74) is 5.59. The molecule has 0 saturated carbocycles. The first-order valence-corrected chi connectivity index (χ1v) is 12.4. The van der Waals surface area contributed by atoms with Gasteiger partial charge < -0.3 is 21.0 Å². The Balaban J connectivity index is 1.53. The Morgan fingerprint density at radius 1 is 1.44 bits per heavy atom. The molecule has 2 aliphatic rings. The lowest BCUT2D eigenvalue weighted by Crippen LogP contribution is -2.71. The van der Waals surface area contributed by atoms with E-state index in [1.165, 1.54) is 46.9 Å². The number of carbonyl (C=O) groups excluding carboxylic acids is 2. The normalized spacial score (nSPS) is 20.6. The van der Waals surface area contributed by atoms with Crippen molar-refractivity contribution in [2.45, 2.75) is 22.7 Å². The average Bonchev–Trinajstić information content (AvgIpc) is 3.37. The summed E-state index contributed by atoms with van der Waals surface area (Å²) in [5, 5.41) is 26.0. The second kappa shape index (κ2) is 9.05. The molecule has 0 spiro atoms. The third-order valence-corrected chi connectivity index (χ3v) is 8.41. The van der Waals surface area contributed by atoms with E-state index >= 15 is 0 Å². The van der Waals surface area contributed by atoms with Gasteiger partial charge in [-0.3, -0.25) is 14.5 Å². The predicted molar refractivity (Wildman–Crippen MR) is 120 cm³/mol. The molecule has 1 saturated heterocycles. The minimum Gasteiger partial charge on any atom is -0.477 e. The maximum absolute atomic E-state index is 12.8. The Labute approximate surface area is 197 Å². The van der Waals surface area contributed by atoms with Gasteiger partial charge in [-0.15, -0.1) is 33.3 Å². The van der Waals surface area contributed by atoms with Gasteiger partial charge in [0.15, 0.2) is 15.2 Å². The minimum absolute atomic E-state index is 0.111. The van der Waals surface area contributed by atoms with Crippen molar-refractivity contribution in [3.63, 3.8) is 0 Å². The van der Waals surface area contributed by atoms with Crippen LogP contribution in [0.1, 0.15) is 10.7 Å². The molecule has 0 aromatic carbocycles. The predicted octanol–water partition coefficient (Wildman–Crippen LogP) is 0.724. The molecule has 4 rings (SSSR count). The zero-order valence-electron chi connectivity index (χ0n) is 16.5. The standard InChI is InChI=1S/C16H15N7O5S4/c1-5-20-21-16(31-5)32-7-4-29-13-9(12(25)23(13)10(7)14(26)27)19-11(24)8(22-28-2)6-3-30-15(17)18-6/h3,9,13H,4H2,1-2H3,(H2,17,18)(H,19,24)(H,26,27)/b22-8+. The molecule has 12 nitrogen and oxygen atoms in total. The number of amides is 2. The van der Waals surface area contributed by atoms with Gasteiger partial charge in [-0.05, 0) is 6.92 Å². The molecule has 2 atom stereocenters. The van der Waals surface area contributed by atoms with Gasteiger partial charge in [-0.1, -0.05) is 28.3 Å². The van der Waals surface area contributed by atoms with Gasteiger partial charge in [-0.2, -0.15) is 0 Å². The number of hydrogen-bond donors (Lipinski definition) is 3. The fourth-order valence-corrected chi connectivity index (χ4v) is 7.00. The smallest absolute Gasteiger partial charge is 0.353 e. The highest BCUT2D eigenvalue weighted by atomic mass is 32.2. The van der Waals surface area contributed by atoms with Crippen molar-refractivity contribution in [1.82, 2.24) is 25.4 Å². The number of carboxylic acids is 1. The van der Waals surface area contributed by atoms with E-state index < -0.39 is 29.2 Å². The number of aromatic nitrogens is 3. The van der Waals surface area contributed by atoms with Crippen LogP contribution < -0.4 is 11.1 Å². The number of oxime groups is 1. The second-order valence-electron chi connectivity index (χ2n) is 6.32. The second-order valence-corrected chi connectivity index (χ2v) is 10.8. The molecule has 0 radical (unpaired) electrons. The number of hydrogen-bond acceptors (Lipinski definition) is 13. The molecule has 0 bridgehead atoms. The van der Waals surface area contributed by atoms with E-state index in [0.717, 1.165) is 16.3 Å². The Morgan fingerprint density at radius 3 is 2.81 bits per heavy atom. The zero-order chi connectivity index (χ0) is 23.0. The number of nitrogen functional groups attached to an aromatic ring is 1. The Morgan fingerprint density at radius 2 is 2.22 bits per heavy atom. The number of nitrogens with two attached hydrogens (primary N) is 1. The lowest BCUT2D eigenvalue weighted by Gasteiger charge is -2.49. The number of aryl methyl sites for hydroxylation is 1. The highest BCUT2D eigenvalue weighted by Crippen LogP contribution is 2.45. The number of nitrogens with one attached hydrogen (secondary N) is 1. The van der Waals surface area contributed by atoms with Gasteiger partial charge in [-0.25, -0.2) is 9.78 Å². The molecule has 168 valence electrons. The van der Waals surface area contributed by atoms with Crippen molar-refractivity contribution in [2.24, 2.45) is 5.16 Å². The van der Waals surface area contributed by atoms with Gasteiger partial charge in [0.2, 0.25) is 0 Å². The Kier molecular flexibility index (Phi) is 6.36. The van der Waals surface area contributed by atoms with Gasteiger partial charge in [0.25, 0.3) is 11.8 Å². The van der Waals surface area contributed by atoms with E-state index in [-0.39, 0.29) is 22.2 Å². The molecular weight excluding hydrogens is 498 g/mol. The van der Waals surface area contributed by atoms with Crippen LogP contribution in [-0.4, -0.2) is 73.0 Å². The van der Waals surface area contributed by atoms with E-state index in [9.17, 15) is 19.5 Å². The molecule has 2 aliphatic heterocycles. The van der Waals surface area contributed by atoms with Crippen molar-refractivity contribution in [3.05, 3.63) is 26.7 Å². The molecule has 4 N–H and O–H groups in total. The SMILES string of the molecule is CO/N=C(/C(=O)NC1C(=O)N2C(C(=O)O)=C(Sc3nnc(C)s3)CSC12)c1csc(N)n1. The number of nitrogens with zero attached hydrogens (tertiary/aromatic N) is 5. The highest BCUT2D eigenvalue weighted by molar-refractivity contribution is 8.07. The topological polar surface area (TPSA) is 173 Å². The van der Waals surface area contributed by atoms with Gasteiger partial charge in [0, 0.05) is 16.0 Å². The molecule has 2 aromatic rings. The maximum Gasteiger partial charge on any atom is 0.353 e. The van der Waals surface area contributed by atoms with Crippen molar-refractivity contribution < 1.29 is 24.3 Å². The summed E-state index contributed by atoms with van der Waals surface area (Å²) < 4.78 is 0.594. The van der Waals surface area contributed by atoms with Crippen molar-refractivity contribution in [2.75, 3.05) is 18.6 Å². The highest BCUT2D eigenvalue weighted by Gasteiger charge is 2.54. The average molecular weight is 514 g/mol. The van der Waals surface area contributed by atoms with Crippen LogP contribution in [0.2, 0.25) is 0 Å².